The molecule has 1 amide bonds. The molecule has 0 spiro atoms. The Morgan fingerprint density at radius 1 is 0.871 bits per heavy atom. The van der Waals surface area contributed by atoms with Crippen molar-refractivity contribution < 1.29 is 9.21 Å². The minimum Gasteiger partial charge on any atom is -0.422 e. The van der Waals surface area contributed by atoms with Gasteiger partial charge in [-0.2, -0.15) is 0 Å². The first-order valence-electron chi connectivity index (χ1n) is 9.17. The summed E-state index contributed by atoms with van der Waals surface area (Å²) in [6, 6.07) is 18.9. The molecule has 0 saturated heterocycles. The van der Waals surface area contributed by atoms with Gasteiger partial charge in [-0.1, -0.05) is 65.1 Å². The number of amides is 1. The largest absolute Gasteiger partial charge is 0.422 e. The second kappa shape index (κ2) is 8.98. The average Bonchev–Trinajstić information content (AvgIpc) is 2.73. The first-order chi connectivity index (χ1) is 14.9. The molecule has 4 rings (SSSR count). The summed E-state index contributed by atoms with van der Waals surface area (Å²) >= 11 is 18.4. The van der Waals surface area contributed by atoms with E-state index >= 15 is 0 Å². The summed E-state index contributed by atoms with van der Waals surface area (Å²) in [5.41, 5.74) is 2.03. The molecular weight excluding hydrogens is 457 g/mol. The Balaban J connectivity index is 1.55. The summed E-state index contributed by atoms with van der Waals surface area (Å²) in [5.74, 6) is -0.361. The van der Waals surface area contributed by atoms with Crippen LogP contribution in [0, 0.1) is 0 Å². The van der Waals surface area contributed by atoms with Crippen LogP contribution < -0.4 is 10.9 Å². The molecule has 0 bridgehead atoms. The molecule has 0 fully saturated rings. The minimum atomic E-state index is -0.486. The molecule has 0 saturated carbocycles. The third-order valence-electron chi connectivity index (χ3n) is 4.54. The van der Waals surface area contributed by atoms with Crippen LogP contribution in [0.4, 0.5) is 5.69 Å². The number of hydrogen-bond donors (Lipinski definition) is 1. The van der Waals surface area contributed by atoms with Crippen LogP contribution in [0.2, 0.25) is 15.1 Å². The lowest BCUT2D eigenvalue weighted by Crippen LogP contribution is -2.08. The first kappa shape index (κ1) is 21.2. The zero-order chi connectivity index (χ0) is 22.0. The highest BCUT2D eigenvalue weighted by molar-refractivity contribution is 6.35. The van der Waals surface area contributed by atoms with Crippen LogP contribution in [0.5, 0.6) is 0 Å². The lowest BCUT2D eigenvalue weighted by Gasteiger charge is -2.08. The van der Waals surface area contributed by atoms with E-state index in [9.17, 15) is 9.59 Å². The van der Waals surface area contributed by atoms with Crippen molar-refractivity contribution in [3.63, 3.8) is 0 Å². The fourth-order valence-corrected chi connectivity index (χ4v) is 3.80. The predicted molar refractivity (Wildman–Crippen MR) is 127 cm³/mol. The lowest BCUT2D eigenvalue weighted by atomic mass is 10.1. The topological polar surface area (TPSA) is 59.3 Å². The van der Waals surface area contributed by atoms with E-state index in [0.29, 0.717) is 43.0 Å². The lowest BCUT2D eigenvalue weighted by molar-refractivity contribution is -0.111. The van der Waals surface area contributed by atoms with E-state index in [2.05, 4.69) is 5.32 Å². The Hall–Kier alpha value is -3.05. The zero-order valence-corrected chi connectivity index (χ0v) is 18.1. The summed E-state index contributed by atoms with van der Waals surface area (Å²) in [4.78, 5) is 24.6. The molecule has 1 aromatic heterocycles. The molecule has 154 valence electrons. The van der Waals surface area contributed by atoms with E-state index in [1.54, 1.807) is 60.7 Å². The molecule has 1 N–H and O–H groups in total. The molecule has 31 heavy (non-hydrogen) atoms. The van der Waals surface area contributed by atoms with E-state index in [-0.39, 0.29) is 5.91 Å². The normalized spacial score (nSPS) is 11.2. The van der Waals surface area contributed by atoms with Crippen LogP contribution in [-0.4, -0.2) is 5.91 Å². The number of hydrogen-bond acceptors (Lipinski definition) is 3. The van der Waals surface area contributed by atoms with Gasteiger partial charge in [-0.25, -0.2) is 4.79 Å². The first-order valence-corrected chi connectivity index (χ1v) is 10.3. The van der Waals surface area contributed by atoms with E-state index in [1.165, 1.54) is 6.08 Å². The molecule has 4 aromatic rings. The Morgan fingerprint density at radius 3 is 2.45 bits per heavy atom. The number of anilines is 1. The number of para-hydroxylation sites is 1. The van der Waals surface area contributed by atoms with Gasteiger partial charge in [0.05, 0.1) is 10.6 Å². The maximum absolute atomic E-state index is 12.4. The molecule has 0 aliphatic rings. The smallest absolute Gasteiger partial charge is 0.344 e. The van der Waals surface area contributed by atoms with Gasteiger partial charge in [0.25, 0.3) is 0 Å². The monoisotopic (exact) mass is 469 g/mol. The Bertz CT molecular complexity index is 1390. The number of carbonyl (C=O) groups excluding carboxylic acids is 1. The summed E-state index contributed by atoms with van der Waals surface area (Å²) in [7, 11) is 0. The fourth-order valence-electron chi connectivity index (χ4n) is 3.05. The summed E-state index contributed by atoms with van der Waals surface area (Å²) in [6.07, 6.45) is 2.94. The molecule has 0 unspecified atom stereocenters. The van der Waals surface area contributed by atoms with Gasteiger partial charge in [-0.05, 0) is 48.0 Å². The second-order valence-corrected chi connectivity index (χ2v) is 7.92. The highest BCUT2D eigenvalue weighted by Gasteiger charge is 2.12. The highest BCUT2D eigenvalue weighted by Crippen LogP contribution is 2.30. The van der Waals surface area contributed by atoms with Crippen LogP contribution in [0.3, 0.4) is 0 Å². The van der Waals surface area contributed by atoms with Crippen LogP contribution in [0.1, 0.15) is 5.56 Å². The van der Waals surface area contributed by atoms with E-state index in [0.717, 1.165) is 5.39 Å². The molecule has 4 nitrogen and oxygen atoms in total. The summed E-state index contributed by atoms with van der Waals surface area (Å²) in [6.45, 7) is 0. The molecule has 3 aromatic carbocycles. The predicted octanol–water partition coefficient (Wildman–Crippen LogP) is 7.07. The van der Waals surface area contributed by atoms with Gasteiger partial charge in [-0.15, -0.1) is 0 Å². The summed E-state index contributed by atoms with van der Waals surface area (Å²) < 4.78 is 5.38. The molecule has 0 radical (unpaired) electrons. The van der Waals surface area contributed by atoms with Crippen molar-refractivity contribution in [2.75, 3.05) is 5.32 Å². The van der Waals surface area contributed by atoms with Crippen molar-refractivity contribution in [2.24, 2.45) is 0 Å². The molecular formula is C24H14Cl3NO3. The second-order valence-electron chi connectivity index (χ2n) is 6.67. The molecule has 1 heterocycles. The Kier molecular flexibility index (Phi) is 6.14. The maximum atomic E-state index is 12.4. The quantitative estimate of drug-likeness (QED) is 0.256. The van der Waals surface area contributed by atoms with Gasteiger partial charge in [0.1, 0.15) is 5.58 Å². The minimum absolute atomic E-state index is 0.310. The number of carbonyl (C=O) groups is 1. The van der Waals surface area contributed by atoms with Gasteiger partial charge in [0, 0.05) is 32.8 Å². The van der Waals surface area contributed by atoms with Crippen LogP contribution >= 0.6 is 34.8 Å². The van der Waals surface area contributed by atoms with Crippen molar-refractivity contribution in [3.8, 4) is 11.1 Å². The molecule has 7 heteroatoms. The van der Waals surface area contributed by atoms with Gasteiger partial charge in [0.15, 0.2) is 0 Å². The van der Waals surface area contributed by atoms with Crippen molar-refractivity contribution in [1.29, 1.82) is 0 Å². The van der Waals surface area contributed by atoms with Crippen LogP contribution in [-0.2, 0) is 4.79 Å². The standard InChI is InChI=1S/C24H14Cl3NO3/c25-16-7-5-14(20(26)12-16)6-10-23(29)28-17-8-9-18(21(27)13-17)19-11-15-3-1-2-4-22(15)31-24(19)30/h1-13H,(H,28,29). The Labute approximate surface area is 192 Å². The van der Waals surface area contributed by atoms with Gasteiger partial charge < -0.3 is 9.73 Å². The fraction of sp³-hybridized carbons (Fsp3) is 0. The number of benzene rings is 3. The van der Waals surface area contributed by atoms with Gasteiger partial charge in [0.2, 0.25) is 5.91 Å². The average molecular weight is 471 g/mol. The maximum Gasteiger partial charge on any atom is 0.344 e. The SMILES string of the molecule is O=C(C=Cc1ccc(Cl)cc1Cl)Nc1ccc(-c2cc3ccccc3oc2=O)c(Cl)c1. The number of nitrogens with one attached hydrogen (secondary N) is 1. The van der Waals surface area contributed by atoms with Gasteiger partial charge >= 0.3 is 5.63 Å². The number of rotatable bonds is 4. The third kappa shape index (κ3) is 4.83. The number of halogens is 3. The van der Waals surface area contributed by atoms with E-state index < -0.39 is 5.63 Å². The molecule has 0 atom stereocenters. The molecule has 0 aliphatic heterocycles. The highest BCUT2D eigenvalue weighted by atomic mass is 35.5. The zero-order valence-electron chi connectivity index (χ0n) is 15.9. The van der Waals surface area contributed by atoms with Crippen molar-refractivity contribution in [2.45, 2.75) is 0 Å². The summed E-state index contributed by atoms with van der Waals surface area (Å²) in [5, 5.41) is 4.78. The number of fused-ring (bicyclic) bond motifs is 1. The van der Waals surface area contributed by atoms with Crippen LogP contribution in [0.25, 0.3) is 28.2 Å². The van der Waals surface area contributed by atoms with Crippen molar-refractivity contribution >= 4 is 63.4 Å². The van der Waals surface area contributed by atoms with Crippen molar-refractivity contribution in [3.05, 3.63) is 104 Å². The van der Waals surface area contributed by atoms with E-state index in [1.807, 2.05) is 12.1 Å². The van der Waals surface area contributed by atoms with Crippen molar-refractivity contribution in [1.82, 2.24) is 0 Å². The van der Waals surface area contributed by atoms with Gasteiger partial charge in [-0.3, -0.25) is 4.79 Å². The third-order valence-corrected chi connectivity index (χ3v) is 5.42. The molecule has 0 aliphatic carbocycles. The van der Waals surface area contributed by atoms with E-state index in [4.69, 9.17) is 39.2 Å². The Morgan fingerprint density at radius 2 is 1.68 bits per heavy atom. The van der Waals surface area contributed by atoms with Crippen LogP contribution in [0.15, 0.2) is 82.0 Å².